The fraction of sp³-hybridized carbons (Fsp3) is 0.455. The van der Waals surface area contributed by atoms with Gasteiger partial charge in [0.1, 0.15) is 9.84 Å². The van der Waals surface area contributed by atoms with Crippen molar-refractivity contribution >= 4 is 35.8 Å². The SMILES string of the molecule is O=S1(=O)CCC(NS(=O)(=O)c2ccccc2Br)CC1. The monoisotopic (exact) mass is 367 g/mol. The van der Waals surface area contributed by atoms with Crippen molar-refractivity contribution in [2.45, 2.75) is 23.8 Å². The Morgan fingerprint density at radius 3 is 2.32 bits per heavy atom. The molecule has 1 heterocycles. The van der Waals surface area contributed by atoms with Crippen LogP contribution < -0.4 is 4.72 Å². The van der Waals surface area contributed by atoms with E-state index in [1.165, 1.54) is 6.07 Å². The zero-order valence-corrected chi connectivity index (χ0v) is 13.3. The molecule has 0 radical (unpaired) electrons. The number of benzene rings is 1. The first-order valence-corrected chi connectivity index (χ1v) is 9.87. The van der Waals surface area contributed by atoms with Crippen LogP contribution in [0.25, 0.3) is 0 Å². The molecule has 19 heavy (non-hydrogen) atoms. The fourth-order valence-electron chi connectivity index (χ4n) is 1.95. The highest BCUT2D eigenvalue weighted by molar-refractivity contribution is 9.10. The molecule has 1 fully saturated rings. The van der Waals surface area contributed by atoms with Crippen LogP contribution in [-0.4, -0.2) is 34.4 Å². The maximum absolute atomic E-state index is 12.2. The average Bonchev–Trinajstić information content (AvgIpc) is 2.32. The quantitative estimate of drug-likeness (QED) is 0.872. The van der Waals surface area contributed by atoms with Crippen molar-refractivity contribution in [1.29, 1.82) is 0 Å². The molecule has 0 spiro atoms. The second kappa shape index (κ2) is 5.51. The summed E-state index contributed by atoms with van der Waals surface area (Å²) in [6.07, 6.45) is 0.651. The van der Waals surface area contributed by atoms with Gasteiger partial charge in [-0.1, -0.05) is 12.1 Å². The zero-order chi connectivity index (χ0) is 14.1. The Balaban J connectivity index is 2.13. The number of hydrogen-bond acceptors (Lipinski definition) is 4. The lowest BCUT2D eigenvalue weighted by Crippen LogP contribution is -2.40. The number of nitrogens with one attached hydrogen (secondary N) is 1. The molecule has 1 aliphatic rings. The molecule has 5 nitrogen and oxygen atoms in total. The normalized spacial score (nSPS) is 20.3. The van der Waals surface area contributed by atoms with Crippen molar-refractivity contribution in [3.8, 4) is 0 Å². The number of sulfonamides is 1. The van der Waals surface area contributed by atoms with Crippen molar-refractivity contribution in [3.63, 3.8) is 0 Å². The van der Waals surface area contributed by atoms with Crippen molar-refractivity contribution < 1.29 is 16.8 Å². The Morgan fingerprint density at radius 2 is 1.74 bits per heavy atom. The Kier molecular flexibility index (Phi) is 4.34. The van der Waals surface area contributed by atoms with Crippen LogP contribution in [-0.2, 0) is 19.9 Å². The first-order valence-electron chi connectivity index (χ1n) is 5.77. The molecule has 0 aromatic heterocycles. The summed E-state index contributed by atoms with van der Waals surface area (Å²) in [5.74, 6) is 0.0757. The summed E-state index contributed by atoms with van der Waals surface area (Å²) in [7, 11) is -6.61. The van der Waals surface area contributed by atoms with E-state index in [1.54, 1.807) is 18.2 Å². The minimum Gasteiger partial charge on any atom is -0.229 e. The highest BCUT2D eigenvalue weighted by Gasteiger charge is 2.28. The summed E-state index contributed by atoms with van der Waals surface area (Å²) in [6.45, 7) is 0. The van der Waals surface area contributed by atoms with E-state index in [1.807, 2.05) is 0 Å². The van der Waals surface area contributed by atoms with Gasteiger partial charge in [0, 0.05) is 10.5 Å². The van der Waals surface area contributed by atoms with E-state index in [0.29, 0.717) is 17.3 Å². The molecule has 0 aliphatic carbocycles. The first kappa shape index (κ1) is 15.0. The van der Waals surface area contributed by atoms with Crippen LogP contribution in [0.2, 0.25) is 0 Å². The largest absolute Gasteiger partial charge is 0.241 e. The van der Waals surface area contributed by atoms with Crippen molar-refractivity contribution in [2.75, 3.05) is 11.5 Å². The van der Waals surface area contributed by atoms with Crippen molar-refractivity contribution in [1.82, 2.24) is 4.72 Å². The van der Waals surface area contributed by atoms with Crippen LogP contribution >= 0.6 is 15.9 Å². The standard InChI is InChI=1S/C11H14BrNO4S2/c12-10-3-1-2-4-11(10)19(16,17)13-9-5-7-18(14,15)8-6-9/h1-4,9,13H,5-8H2. The van der Waals surface area contributed by atoms with Crippen molar-refractivity contribution in [2.24, 2.45) is 0 Å². The van der Waals surface area contributed by atoms with Gasteiger partial charge < -0.3 is 0 Å². The number of halogens is 1. The molecule has 106 valence electrons. The van der Waals surface area contributed by atoms with Gasteiger partial charge in [-0.15, -0.1) is 0 Å². The van der Waals surface area contributed by atoms with E-state index >= 15 is 0 Å². The van der Waals surface area contributed by atoms with Crippen LogP contribution in [0, 0.1) is 0 Å². The molecule has 2 rings (SSSR count). The van der Waals surface area contributed by atoms with Crippen LogP contribution in [0.3, 0.4) is 0 Å². The molecular formula is C11H14BrNO4S2. The van der Waals surface area contributed by atoms with Gasteiger partial charge in [0.15, 0.2) is 0 Å². The van der Waals surface area contributed by atoms with E-state index in [4.69, 9.17) is 0 Å². The van der Waals surface area contributed by atoms with E-state index in [9.17, 15) is 16.8 Å². The molecule has 1 aromatic carbocycles. The van der Waals surface area contributed by atoms with Crippen LogP contribution in [0.1, 0.15) is 12.8 Å². The third kappa shape index (κ3) is 3.77. The number of sulfone groups is 1. The molecule has 1 aromatic rings. The third-order valence-corrected chi connectivity index (χ3v) is 7.25. The number of hydrogen-bond donors (Lipinski definition) is 1. The summed E-state index contributed by atoms with van der Waals surface area (Å²) in [6, 6.07) is 6.22. The Bertz CT molecular complexity index is 656. The molecule has 0 amide bonds. The summed E-state index contributed by atoms with van der Waals surface area (Å²) in [5.41, 5.74) is 0. The van der Waals surface area contributed by atoms with Crippen LogP contribution in [0.5, 0.6) is 0 Å². The zero-order valence-electron chi connectivity index (χ0n) is 10.0. The Morgan fingerprint density at radius 1 is 1.16 bits per heavy atom. The summed E-state index contributed by atoms with van der Waals surface area (Å²) < 4.78 is 50.0. The Hall–Kier alpha value is -0.440. The minimum atomic E-state index is -3.62. The predicted octanol–water partition coefficient (Wildman–Crippen LogP) is 1.30. The topological polar surface area (TPSA) is 80.3 Å². The van der Waals surface area contributed by atoms with E-state index in [-0.39, 0.29) is 22.4 Å². The molecule has 8 heteroatoms. The molecule has 0 saturated carbocycles. The maximum atomic E-state index is 12.2. The van der Waals surface area contributed by atoms with Gasteiger partial charge in [0.2, 0.25) is 10.0 Å². The van der Waals surface area contributed by atoms with E-state index in [0.717, 1.165) is 0 Å². The molecule has 0 unspecified atom stereocenters. The third-order valence-electron chi connectivity index (χ3n) is 3.00. The molecular weight excluding hydrogens is 354 g/mol. The summed E-state index contributed by atoms with van der Waals surface area (Å²) >= 11 is 3.20. The van der Waals surface area contributed by atoms with Gasteiger partial charge in [-0.2, -0.15) is 0 Å². The highest BCUT2D eigenvalue weighted by atomic mass is 79.9. The summed E-state index contributed by atoms with van der Waals surface area (Å²) in [4.78, 5) is 0.170. The molecule has 0 bridgehead atoms. The second-order valence-electron chi connectivity index (χ2n) is 4.48. The van der Waals surface area contributed by atoms with E-state index < -0.39 is 19.9 Å². The lowest BCUT2D eigenvalue weighted by atomic mass is 10.2. The van der Waals surface area contributed by atoms with Gasteiger partial charge in [0.25, 0.3) is 0 Å². The predicted molar refractivity (Wildman–Crippen MR) is 76.1 cm³/mol. The highest BCUT2D eigenvalue weighted by Crippen LogP contribution is 2.22. The second-order valence-corrected chi connectivity index (χ2v) is 9.32. The van der Waals surface area contributed by atoms with Crippen molar-refractivity contribution in [3.05, 3.63) is 28.7 Å². The van der Waals surface area contributed by atoms with Gasteiger partial charge in [-0.3, -0.25) is 0 Å². The first-order chi connectivity index (χ1) is 8.80. The fourth-order valence-corrected chi connectivity index (χ4v) is 5.75. The lowest BCUT2D eigenvalue weighted by Gasteiger charge is -2.23. The van der Waals surface area contributed by atoms with Crippen LogP contribution in [0.15, 0.2) is 33.6 Å². The van der Waals surface area contributed by atoms with Gasteiger partial charge in [-0.05, 0) is 40.9 Å². The smallest absolute Gasteiger partial charge is 0.229 e. The molecule has 1 aliphatic heterocycles. The van der Waals surface area contributed by atoms with Gasteiger partial charge in [0.05, 0.1) is 16.4 Å². The van der Waals surface area contributed by atoms with Gasteiger partial charge >= 0.3 is 0 Å². The minimum absolute atomic E-state index is 0.0378. The van der Waals surface area contributed by atoms with E-state index in [2.05, 4.69) is 20.7 Å². The molecule has 1 N–H and O–H groups in total. The molecule has 1 saturated heterocycles. The number of rotatable bonds is 3. The lowest BCUT2D eigenvalue weighted by molar-refractivity contribution is 0.505. The average molecular weight is 368 g/mol. The van der Waals surface area contributed by atoms with Crippen LogP contribution in [0.4, 0.5) is 0 Å². The maximum Gasteiger partial charge on any atom is 0.241 e. The van der Waals surface area contributed by atoms with Gasteiger partial charge in [-0.25, -0.2) is 21.6 Å². The summed E-state index contributed by atoms with van der Waals surface area (Å²) in [5, 5.41) is 0. The molecule has 0 atom stereocenters. The Labute approximate surface area is 121 Å².